The summed E-state index contributed by atoms with van der Waals surface area (Å²) in [7, 11) is 0. The topological polar surface area (TPSA) is 79.0 Å². The summed E-state index contributed by atoms with van der Waals surface area (Å²) in [4.78, 5) is 15.9. The molecule has 1 fully saturated rings. The predicted octanol–water partition coefficient (Wildman–Crippen LogP) is 4.68. The molecule has 0 aliphatic carbocycles. The van der Waals surface area contributed by atoms with Gasteiger partial charge in [-0.15, -0.1) is 0 Å². The third-order valence-corrected chi connectivity index (χ3v) is 5.77. The summed E-state index contributed by atoms with van der Waals surface area (Å²) in [6.45, 7) is 5.68. The summed E-state index contributed by atoms with van der Waals surface area (Å²) in [6, 6.07) is 1.86. The van der Waals surface area contributed by atoms with Gasteiger partial charge in [0, 0.05) is 42.5 Å². The number of rotatable bonds is 6. The maximum absolute atomic E-state index is 14.4. The Morgan fingerprint density at radius 3 is 3.07 bits per heavy atom. The second-order valence-electron chi connectivity index (χ2n) is 7.23. The maximum atomic E-state index is 14.4. The molecule has 3 aromatic rings. The van der Waals surface area contributed by atoms with Gasteiger partial charge < -0.3 is 10.3 Å². The van der Waals surface area contributed by atoms with E-state index in [2.05, 4.69) is 29.6 Å². The number of piperidine rings is 1. The zero-order valence-corrected chi connectivity index (χ0v) is 17.7. The average molecular weight is 437 g/mol. The molecule has 0 amide bonds. The number of nitrogens with zero attached hydrogens (tertiary/aromatic N) is 4. The minimum atomic E-state index is -0.479. The number of hydrogen-bond donors (Lipinski definition) is 2. The van der Waals surface area contributed by atoms with Crippen LogP contribution in [0.2, 0.25) is 5.02 Å². The zero-order chi connectivity index (χ0) is 20.4. The Bertz CT molecular complexity index is 1000. The average Bonchev–Trinajstić information content (AvgIpc) is 3.11. The van der Waals surface area contributed by atoms with Crippen molar-refractivity contribution in [3.05, 3.63) is 35.5 Å². The van der Waals surface area contributed by atoms with E-state index in [1.165, 1.54) is 18.4 Å². The molecule has 4 rings (SSSR count). The van der Waals surface area contributed by atoms with Crippen molar-refractivity contribution in [2.24, 2.45) is 0 Å². The van der Waals surface area contributed by atoms with E-state index < -0.39 is 5.82 Å². The van der Waals surface area contributed by atoms with Gasteiger partial charge in [-0.1, -0.05) is 11.6 Å². The second-order valence-corrected chi connectivity index (χ2v) is 8.53. The first kappa shape index (κ1) is 20.3. The summed E-state index contributed by atoms with van der Waals surface area (Å²) < 4.78 is 22.2. The highest BCUT2D eigenvalue weighted by molar-refractivity contribution is 7.92. The number of anilines is 1. The van der Waals surface area contributed by atoms with Gasteiger partial charge in [-0.25, -0.2) is 23.6 Å². The Hall–Kier alpha value is -1.94. The van der Waals surface area contributed by atoms with Gasteiger partial charge in [0.15, 0.2) is 17.5 Å². The van der Waals surface area contributed by atoms with Crippen LogP contribution in [-0.4, -0.2) is 49.5 Å². The summed E-state index contributed by atoms with van der Waals surface area (Å²) >= 11 is 7.44. The number of pyridine rings is 1. The quantitative estimate of drug-likeness (QED) is 0.429. The molecule has 2 N–H and O–H groups in total. The molecule has 1 atom stereocenters. The number of fused-ring (bicyclic) bond motifs is 1. The number of aromatic nitrogens is 4. The van der Waals surface area contributed by atoms with Crippen molar-refractivity contribution in [3.8, 4) is 11.4 Å². The molecule has 1 unspecified atom stereocenters. The van der Waals surface area contributed by atoms with Crippen LogP contribution in [-0.2, 0) is 4.18 Å². The van der Waals surface area contributed by atoms with Gasteiger partial charge in [-0.3, -0.25) is 4.18 Å². The largest absolute Gasteiger partial charge is 0.363 e. The van der Waals surface area contributed by atoms with E-state index in [4.69, 9.17) is 15.8 Å². The van der Waals surface area contributed by atoms with E-state index in [9.17, 15) is 4.39 Å². The van der Waals surface area contributed by atoms with E-state index >= 15 is 0 Å². The van der Waals surface area contributed by atoms with Gasteiger partial charge in [0.1, 0.15) is 5.65 Å². The fourth-order valence-corrected chi connectivity index (χ4v) is 4.13. The summed E-state index contributed by atoms with van der Waals surface area (Å²) in [5, 5.41) is 4.55. The zero-order valence-electron chi connectivity index (χ0n) is 16.2. The number of halogens is 2. The Balaban J connectivity index is 1.53. The fraction of sp³-hybridized carbons (Fsp3) is 0.421. The summed E-state index contributed by atoms with van der Waals surface area (Å²) in [6.07, 6.45) is 6.60. The normalized spacial score (nSPS) is 17.9. The van der Waals surface area contributed by atoms with Gasteiger partial charge in [0.25, 0.3) is 0 Å². The Kier molecular flexibility index (Phi) is 6.19. The van der Waals surface area contributed by atoms with Crippen LogP contribution in [0.3, 0.4) is 0 Å². The van der Waals surface area contributed by atoms with E-state index in [1.54, 1.807) is 18.5 Å². The smallest absolute Gasteiger partial charge is 0.183 e. The fourth-order valence-electron chi connectivity index (χ4n) is 3.23. The molecule has 1 saturated heterocycles. The van der Waals surface area contributed by atoms with Crippen LogP contribution in [0.4, 0.5) is 10.2 Å². The third kappa shape index (κ3) is 4.80. The van der Waals surface area contributed by atoms with E-state index in [1.807, 2.05) is 13.8 Å². The first-order valence-electron chi connectivity index (χ1n) is 9.50. The number of nitrogens with one attached hydrogen (secondary N) is 2. The molecule has 29 heavy (non-hydrogen) atoms. The van der Waals surface area contributed by atoms with Gasteiger partial charge in [-0.05, 0) is 32.8 Å². The van der Waals surface area contributed by atoms with Crippen molar-refractivity contribution >= 4 is 40.7 Å². The molecule has 1 aliphatic heterocycles. The molecule has 0 aromatic carbocycles. The lowest BCUT2D eigenvalue weighted by Crippen LogP contribution is -2.39. The van der Waals surface area contributed by atoms with E-state index in [0.717, 1.165) is 36.9 Å². The number of aromatic amines is 1. The van der Waals surface area contributed by atoms with Crippen molar-refractivity contribution in [1.82, 2.24) is 24.2 Å². The Morgan fingerprint density at radius 1 is 1.38 bits per heavy atom. The molecule has 0 spiro atoms. The van der Waals surface area contributed by atoms with Crippen LogP contribution < -0.4 is 5.32 Å². The first-order chi connectivity index (χ1) is 14.0. The van der Waals surface area contributed by atoms with Crippen LogP contribution in [0.5, 0.6) is 0 Å². The molecule has 154 valence electrons. The van der Waals surface area contributed by atoms with Crippen molar-refractivity contribution in [1.29, 1.82) is 0 Å². The lowest BCUT2D eigenvalue weighted by atomic mass is 10.1. The molecule has 1 aliphatic rings. The van der Waals surface area contributed by atoms with Crippen molar-refractivity contribution in [2.75, 3.05) is 18.4 Å². The molecule has 3 aromatic heterocycles. The number of H-pyrrole nitrogens is 1. The highest BCUT2D eigenvalue weighted by atomic mass is 35.5. The van der Waals surface area contributed by atoms with Gasteiger partial charge in [0.05, 0.1) is 29.6 Å². The van der Waals surface area contributed by atoms with Crippen molar-refractivity contribution in [3.63, 3.8) is 0 Å². The SMILES string of the molecule is CC(C)OSN1CCCC(Nc2nc(-c3c[nH]c4ncc(Cl)cc34)ncc2F)C1. The first-order valence-corrected chi connectivity index (χ1v) is 10.6. The van der Waals surface area contributed by atoms with Gasteiger partial charge >= 0.3 is 0 Å². The molecule has 0 bridgehead atoms. The molecular formula is C19H22ClFN6OS. The predicted molar refractivity (Wildman–Crippen MR) is 114 cm³/mol. The second kappa shape index (κ2) is 8.83. The molecular weight excluding hydrogens is 415 g/mol. The summed E-state index contributed by atoms with van der Waals surface area (Å²) in [5.41, 5.74) is 1.40. The highest BCUT2D eigenvalue weighted by Gasteiger charge is 2.23. The van der Waals surface area contributed by atoms with Crippen LogP contribution in [0.1, 0.15) is 26.7 Å². The van der Waals surface area contributed by atoms with Crippen LogP contribution in [0, 0.1) is 5.82 Å². The molecule has 7 nitrogen and oxygen atoms in total. The van der Waals surface area contributed by atoms with Crippen molar-refractivity contribution in [2.45, 2.75) is 38.8 Å². The Labute approximate surface area is 177 Å². The molecule has 10 heteroatoms. The Morgan fingerprint density at radius 2 is 2.24 bits per heavy atom. The summed E-state index contributed by atoms with van der Waals surface area (Å²) in [5.74, 6) is 0.128. The van der Waals surface area contributed by atoms with Gasteiger partial charge in [0.2, 0.25) is 0 Å². The number of hydrogen-bond acceptors (Lipinski definition) is 7. The standard InChI is InChI=1S/C19H22ClFN6OS/c1-11(2)28-29-27-5-3-4-13(10-27)25-19-16(21)9-24-18(26-19)15-8-23-17-14(15)6-12(20)7-22-17/h6-9,11,13H,3-5,10H2,1-2H3,(H,22,23)(H,24,25,26). The van der Waals surface area contributed by atoms with Gasteiger partial charge in [-0.2, -0.15) is 0 Å². The maximum Gasteiger partial charge on any atom is 0.183 e. The molecule has 4 heterocycles. The highest BCUT2D eigenvalue weighted by Crippen LogP contribution is 2.29. The minimum Gasteiger partial charge on any atom is -0.363 e. The molecule has 0 saturated carbocycles. The lowest BCUT2D eigenvalue weighted by molar-refractivity contribution is 0.254. The van der Waals surface area contributed by atoms with Crippen LogP contribution in [0.15, 0.2) is 24.7 Å². The third-order valence-electron chi connectivity index (χ3n) is 4.55. The van der Waals surface area contributed by atoms with Crippen LogP contribution in [0.25, 0.3) is 22.4 Å². The lowest BCUT2D eigenvalue weighted by Gasteiger charge is -2.32. The molecule has 0 radical (unpaired) electrons. The monoisotopic (exact) mass is 436 g/mol. The van der Waals surface area contributed by atoms with E-state index in [-0.39, 0.29) is 18.0 Å². The van der Waals surface area contributed by atoms with E-state index in [0.29, 0.717) is 16.5 Å². The van der Waals surface area contributed by atoms with Crippen LogP contribution >= 0.6 is 23.8 Å². The van der Waals surface area contributed by atoms with Crippen molar-refractivity contribution < 1.29 is 8.57 Å². The minimum absolute atomic E-state index is 0.0725.